The van der Waals surface area contributed by atoms with Crippen molar-refractivity contribution in [1.29, 1.82) is 5.26 Å². The van der Waals surface area contributed by atoms with Crippen LogP contribution in [0, 0.1) is 16.7 Å². The average Bonchev–Trinajstić information content (AvgIpc) is 3.21. The van der Waals surface area contributed by atoms with Crippen molar-refractivity contribution in [1.82, 2.24) is 10.9 Å². The summed E-state index contributed by atoms with van der Waals surface area (Å²) in [6.07, 6.45) is 1.15. The van der Waals surface area contributed by atoms with Gasteiger partial charge in [0.2, 0.25) is 0 Å². The number of halogens is 2. The highest BCUT2D eigenvalue weighted by atomic mass is 35.5. The van der Waals surface area contributed by atoms with Gasteiger partial charge in [-0.15, -0.1) is 0 Å². The topological polar surface area (TPSA) is 77.0 Å². The molecule has 0 heterocycles. The molecule has 2 rings (SSSR count). The fourth-order valence-electron chi connectivity index (χ4n) is 1.48. The van der Waals surface area contributed by atoms with Gasteiger partial charge in [0.05, 0.1) is 16.1 Å². The van der Waals surface area contributed by atoms with Crippen molar-refractivity contribution in [3.8, 4) is 6.07 Å². The van der Waals surface area contributed by atoms with Gasteiger partial charge < -0.3 is 5.32 Å². The zero-order valence-electron chi connectivity index (χ0n) is 10.2. The van der Waals surface area contributed by atoms with E-state index in [9.17, 15) is 4.79 Å². The summed E-state index contributed by atoms with van der Waals surface area (Å²) in [7, 11) is 0. The van der Waals surface area contributed by atoms with Crippen LogP contribution in [0.25, 0.3) is 0 Å². The zero-order chi connectivity index (χ0) is 14.8. The molecule has 20 heavy (non-hydrogen) atoms. The highest BCUT2D eigenvalue weighted by molar-refractivity contribution is 7.80. The monoisotopic (exact) mass is 328 g/mol. The quantitative estimate of drug-likeness (QED) is 0.574. The number of thiocarbonyl (C=S) groups is 1. The molecule has 0 saturated heterocycles. The number of hydrazine groups is 1. The van der Waals surface area contributed by atoms with E-state index >= 15 is 0 Å². The highest BCUT2D eigenvalue weighted by Gasteiger charge is 2.50. The van der Waals surface area contributed by atoms with Gasteiger partial charge in [-0.2, -0.15) is 5.26 Å². The number of nitrogens with zero attached hydrogens (tertiary/aromatic N) is 1. The first kappa shape index (κ1) is 14.9. The Hall–Kier alpha value is -1.55. The largest absolute Gasteiger partial charge is 0.331 e. The number of anilines is 1. The molecular formula is C12H10Cl2N4OS. The van der Waals surface area contributed by atoms with Gasteiger partial charge in [-0.25, -0.2) is 0 Å². The van der Waals surface area contributed by atoms with Gasteiger partial charge >= 0.3 is 0 Å². The van der Waals surface area contributed by atoms with Gasteiger partial charge in [0.15, 0.2) is 5.11 Å². The lowest BCUT2D eigenvalue weighted by Crippen LogP contribution is -2.46. The predicted octanol–water partition coefficient (Wildman–Crippen LogP) is 2.61. The second kappa shape index (κ2) is 5.83. The van der Waals surface area contributed by atoms with Crippen LogP contribution in [0.4, 0.5) is 5.69 Å². The summed E-state index contributed by atoms with van der Waals surface area (Å²) in [6, 6.07) is 6.92. The van der Waals surface area contributed by atoms with Crippen molar-refractivity contribution in [3.63, 3.8) is 0 Å². The minimum absolute atomic E-state index is 0.186. The van der Waals surface area contributed by atoms with Crippen molar-refractivity contribution >= 4 is 52.1 Å². The molecule has 1 aromatic carbocycles. The van der Waals surface area contributed by atoms with Crippen LogP contribution in [0.15, 0.2) is 18.2 Å². The van der Waals surface area contributed by atoms with E-state index in [0.717, 1.165) is 0 Å². The molecule has 1 aromatic rings. The number of amides is 1. The van der Waals surface area contributed by atoms with Crippen LogP contribution < -0.4 is 16.2 Å². The second-order valence-corrected chi connectivity index (χ2v) is 5.58. The van der Waals surface area contributed by atoms with E-state index in [1.54, 1.807) is 18.2 Å². The third-order valence-corrected chi connectivity index (χ3v) is 3.81. The molecule has 8 heteroatoms. The Morgan fingerprint density at radius 1 is 1.30 bits per heavy atom. The number of carbonyl (C=O) groups excluding carboxylic acids is 1. The van der Waals surface area contributed by atoms with Crippen LogP contribution in [0.2, 0.25) is 10.0 Å². The number of benzene rings is 1. The summed E-state index contributed by atoms with van der Waals surface area (Å²) in [5, 5.41) is 12.7. The first-order valence-electron chi connectivity index (χ1n) is 5.70. The minimum atomic E-state index is -0.897. The molecule has 0 aromatic heterocycles. The average molecular weight is 329 g/mol. The molecule has 0 atom stereocenters. The number of nitriles is 1. The molecule has 3 N–H and O–H groups in total. The van der Waals surface area contributed by atoms with Crippen LogP contribution in [0.1, 0.15) is 12.8 Å². The Morgan fingerprint density at radius 2 is 2.00 bits per heavy atom. The summed E-state index contributed by atoms with van der Waals surface area (Å²) < 4.78 is 0. The van der Waals surface area contributed by atoms with Crippen molar-refractivity contribution in [2.75, 3.05) is 5.32 Å². The minimum Gasteiger partial charge on any atom is -0.331 e. The normalized spacial score (nSPS) is 14.8. The van der Waals surface area contributed by atoms with E-state index in [0.29, 0.717) is 28.6 Å². The van der Waals surface area contributed by atoms with Gasteiger partial charge in [-0.1, -0.05) is 23.2 Å². The van der Waals surface area contributed by atoms with Crippen molar-refractivity contribution in [3.05, 3.63) is 28.2 Å². The Balaban J connectivity index is 1.85. The molecule has 104 valence electrons. The fourth-order valence-corrected chi connectivity index (χ4v) is 1.95. The molecule has 0 spiro atoms. The van der Waals surface area contributed by atoms with E-state index in [4.69, 9.17) is 40.7 Å². The number of hydrogen-bond donors (Lipinski definition) is 3. The molecule has 0 unspecified atom stereocenters. The molecule has 1 amide bonds. The fraction of sp³-hybridized carbons (Fsp3) is 0.250. The molecule has 0 radical (unpaired) electrons. The van der Waals surface area contributed by atoms with Crippen LogP contribution in [-0.4, -0.2) is 11.0 Å². The van der Waals surface area contributed by atoms with Crippen LogP contribution in [0.3, 0.4) is 0 Å². The predicted molar refractivity (Wildman–Crippen MR) is 81.2 cm³/mol. The molecule has 5 nitrogen and oxygen atoms in total. The summed E-state index contributed by atoms with van der Waals surface area (Å²) in [4.78, 5) is 11.7. The smallest absolute Gasteiger partial charge is 0.258 e. The Kier molecular flexibility index (Phi) is 4.33. The maximum Gasteiger partial charge on any atom is 0.258 e. The Morgan fingerprint density at radius 3 is 2.55 bits per heavy atom. The maximum atomic E-state index is 11.7. The van der Waals surface area contributed by atoms with E-state index < -0.39 is 5.41 Å². The molecule has 1 saturated carbocycles. The molecule has 1 fully saturated rings. The number of carbonyl (C=O) groups is 1. The van der Waals surface area contributed by atoms with Crippen LogP contribution >= 0.6 is 35.4 Å². The second-order valence-electron chi connectivity index (χ2n) is 4.36. The van der Waals surface area contributed by atoms with E-state index in [1.165, 1.54) is 0 Å². The van der Waals surface area contributed by atoms with Gasteiger partial charge in [-0.3, -0.25) is 15.6 Å². The van der Waals surface area contributed by atoms with Crippen molar-refractivity contribution in [2.24, 2.45) is 5.41 Å². The summed E-state index contributed by atoms with van der Waals surface area (Å²) in [6.45, 7) is 0. The molecule has 0 aliphatic heterocycles. The maximum absolute atomic E-state index is 11.7. The number of hydrogen-bond acceptors (Lipinski definition) is 3. The summed E-state index contributed by atoms with van der Waals surface area (Å²) in [5.74, 6) is -0.377. The third kappa shape index (κ3) is 3.31. The van der Waals surface area contributed by atoms with Gasteiger partial charge in [-0.05, 0) is 43.3 Å². The van der Waals surface area contributed by atoms with Gasteiger partial charge in [0.25, 0.3) is 5.91 Å². The van der Waals surface area contributed by atoms with Crippen molar-refractivity contribution in [2.45, 2.75) is 12.8 Å². The van der Waals surface area contributed by atoms with E-state index in [2.05, 4.69) is 16.2 Å². The SMILES string of the molecule is N#CC1(C(=O)NNC(=S)Nc2ccc(Cl)c(Cl)c2)CC1. The van der Waals surface area contributed by atoms with Gasteiger partial charge in [0, 0.05) is 5.69 Å². The first-order valence-corrected chi connectivity index (χ1v) is 6.87. The lowest BCUT2D eigenvalue weighted by molar-refractivity contribution is -0.125. The van der Waals surface area contributed by atoms with Crippen LogP contribution in [0.5, 0.6) is 0 Å². The lowest BCUT2D eigenvalue weighted by Gasteiger charge is -2.13. The standard InChI is InChI=1S/C12H10Cl2N4OS/c13-8-2-1-7(5-9(8)14)16-11(20)18-17-10(19)12(6-15)3-4-12/h1-2,5H,3-4H2,(H,17,19)(H2,16,18,20). The van der Waals surface area contributed by atoms with E-state index in [-0.39, 0.29) is 11.0 Å². The number of rotatable bonds is 2. The summed E-state index contributed by atoms with van der Waals surface area (Å²) in [5.41, 5.74) is 4.68. The zero-order valence-corrected chi connectivity index (χ0v) is 12.5. The van der Waals surface area contributed by atoms with E-state index in [1.807, 2.05) is 6.07 Å². The highest BCUT2D eigenvalue weighted by Crippen LogP contribution is 2.44. The van der Waals surface area contributed by atoms with Crippen LogP contribution in [-0.2, 0) is 4.79 Å². The first-order chi connectivity index (χ1) is 9.47. The molecular weight excluding hydrogens is 319 g/mol. The van der Waals surface area contributed by atoms with Gasteiger partial charge in [0.1, 0.15) is 5.41 Å². The molecule has 1 aliphatic rings. The Bertz CT molecular complexity index is 610. The third-order valence-electron chi connectivity index (χ3n) is 2.87. The van der Waals surface area contributed by atoms with Crippen molar-refractivity contribution < 1.29 is 4.79 Å². The Labute approximate surface area is 131 Å². The molecule has 1 aliphatic carbocycles. The lowest BCUT2D eigenvalue weighted by atomic mass is 10.1. The summed E-state index contributed by atoms with van der Waals surface area (Å²) >= 11 is 16.7. The number of nitrogens with one attached hydrogen (secondary N) is 3. The molecule has 0 bridgehead atoms.